The third kappa shape index (κ3) is 2.58. The minimum absolute atomic E-state index is 0.0291. The van der Waals surface area contributed by atoms with Gasteiger partial charge in [0.2, 0.25) is 0 Å². The second-order valence-corrected chi connectivity index (χ2v) is 4.16. The smallest absolute Gasteiger partial charge is 0.0834 e. The Balaban J connectivity index is 2.02. The lowest BCUT2D eigenvalue weighted by Gasteiger charge is -2.26. The average Bonchev–Trinajstić information content (AvgIpc) is 2.30. The molecule has 81 valence electrons. The van der Waals surface area contributed by atoms with Crippen molar-refractivity contribution in [2.24, 2.45) is 0 Å². The first-order valence-electron chi connectivity index (χ1n) is 5.81. The molecule has 2 nitrogen and oxygen atoms in total. The fourth-order valence-corrected chi connectivity index (χ4v) is 2.31. The van der Waals surface area contributed by atoms with Gasteiger partial charge in [-0.05, 0) is 43.4 Å². The van der Waals surface area contributed by atoms with Gasteiger partial charge >= 0.3 is 0 Å². The molecule has 1 atom stereocenters. The highest BCUT2D eigenvalue weighted by molar-refractivity contribution is 5.32. The van der Waals surface area contributed by atoms with Crippen LogP contribution in [0.4, 0.5) is 0 Å². The molecule has 1 N–H and O–H groups in total. The van der Waals surface area contributed by atoms with E-state index in [1.165, 1.54) is 30.4 Å². The maximum Gasteiger partial charge on any atom is 0.0834 e. The normalized spacial score (nSPS) is 19.9. The molecule has 0 aliphatic heterocycles. The monoisotopic (exact) mass is 204 g/mol. The second-order valence-electron chi connectivity index (χ2n) is 4.16. The Bertz CT molecular complexity index is 311. The topological polar surface area (TPSA) is 31.9 Å². The van der Waals surface area contributed by atoms with Crippen molar-refractivity contribution in [2.45, 2.75) is 31.7 Å². The van der Waals surface area contributed by atoms with Gasteiger partial charge in [0.25, 0.3) is 0 Å². The van der Waals surface area contributed by atoms with Crippen LogP contribution in [0.2, 0.25) is 0 Å². The zero-order valence-electron chi connectivity index (χ0n) is 9.04. The third-order valence-corrected chi connectivity index (χ3v) is 3.08. The van der Waals surface area contributed by atoms with Gasteiger partial charge in [0.05, 0.1) is 6.61 Å². The lowest BCUT2D eigenvalue weighted by atomic mass is 9.88. The van der Waals surface area contributed by atoms with Crippen molar-refractivity contribution in [1.29, 1.82) is 0 Å². The van der Waals surface area contributed by atoms with Gasteiger partial charge in [-0.15, -0.1) is 0 Å². The molecule has 1 aromatic rings. The number of nitrogens with one attached hydrogen (secondary N) is 1. The van der Waals surface area contributed by atoms with Crippen LogP contribution in [-0.2, 0) is 11.5 Å². The fourth-order valence-electron chi connectivity index (χ4n) is 2.31. The van der Waals surface area contributed by atoms with Crippen molar-refractivity contribution in [3.05, 3.63) is 35.4 Å². The third-order valence-electron chi connectivity index (χ3n) is 3.08. The van der Waals surface area contributed by atoms with E-state index >= 15 is 0 Å². The zero-order chi connectivity index (χ0) is 10.5. The molecule has 1 unspecified atom stereocenters. The summed E-state index contributed by atoms with van der Waals surface area (Å²) in [6.07, 6.45) is 4.40. The lowest BCUT2D eigenvalue weighted by Crippen LogP contribution is -2.26. The first-order chi connectivity index (χ1) is 7.42. The second kappa shape index (κ2) is 5.29. The lowest BCUT2D eigenvalue weighted by molar-refractivity contribution is 0.187. The Labute approximate surface area is 91.3 Å². The summed E-state index contributed by atoms with van der Waals surface area (Å²) < 4.78 is 0. The first-order valence-corrected chi connectivity index (χ1v) is 5.81. The molecule has 0 saturated carbocycles. The number of rotatable bonds is 4. The van der Waals surface area contributed by atoms with Crippen molar-refractivity contribution in [2.75, 3.05) is 13.2 Å². The Morgan fingerprint density at radius 1 is 1.33 bits per heavy atom. The summed E-state index contributed by atoms with van der Waals surface area (Å²) in [5.74, 6) is 0. The summed E-state index contributed by atoms with van der Waals surface area (Å²) >= 11 is 0. The van der Waals surface area contributed by atoms with Crippen LogP contribution in [0, 0.1) is 0 Å². The van der Waals surface area contributed by atoms with E-state index in [-0.39, 0.29) is 6.61 Å². The molecule has 1 aromatic carbocycles. The highest BCUT2D eigenvalue weighted by Gasteiger charge is 2.18. The molecule has 0 aromatic heterocycles. The molecule has 0 spiro atoms. The minimum atomic E-state index is 0.0291. The van der Waals surface area contributed by atoms with E-state index in [9.17, 15) is 5.11 Å². The van der Waals surface area contributed by atoms with E-state index in [1.807, 2.05) is 0 Å². The molecule has 2 heteroatoms. The molecule has 2 rings (SSSR count). The first kappa shape index (κ1) is 10.7. The average molecular weight is 204 g/mol. The largest absolute Gasteiger partial charge is 0.310 e. The van der Waals surface area contributed by atoms with Crippen molar-refractivity contribution in [3.63, 3.8) is 0 Å². The highest BCUT2D eigenvalue weighted by atomic mass is 16.3. The van der Waals surface area contributed by atoms with E-state index in [4.69, 9.17) is 0 Å². The van der Waals surface area contributed by atoms with Crippen LogP contribution < -0.4 is 5.32 Å². The predicted molar refractivity (Wildman–Crippen MR) is 60.3 cm³/mol. The summed E-state index contributed by atoms with van der Waals surface area (Å²) in [6, 6.07) is 9.12. The molecular formula is C13H18NO. The number of aryl methyl sites for hydroxylation is 1. The van der Waals surface area contributed by atoms with E-state index in [2.05, 4.69) is 29.6 Å². The molecule has 1 radical (unpaired) electrons. The summed E-state index contributed by atoms with van der Waals surface area (Å²) in [5, 5.41) is 13.9. The molecule has 0 fully saturated rings. The van der Waals surface area contributed by atoms with Gasteiger partial charge in [0, 0.05) is 6.04 Å². The maximum atomic E-state index is 10.4. The quantitative estimate of drug-likeness (QED) is 0.751. The van der Waals surface area contributed by atoms with Crippen molar-refractivity contribution in [1.82, 2.24) is 5.32 Å². The molecule has 0 heterocycles. The molecule has 1 aliphatic carbocycles. The molecule has 0 bridgehead atoms. The van der Waals surface area contributed by atoms with Crippen LogP contribution in [0.25, 0.3) is 0 Å². The highest BCUT2D eigenvalue weighted by Crippen LogP contribution is 2.29. The Hall–Kier alpha value is -0.860. The Kier molecular flexibility index (Phi) is 3.75. The van der Waals surface area contributed by atoms with Gasteiger partial charge in [-0.2, -0.15) is 0 Å². The van der Waals surface area contributed by atoms with Gasteiger partial charge in [-0.3, -0.25) is 0 Å². The van der Waals surface area contributed by atoms with Crippen LogP contribution in [-0.4, -0.2) is 13.2 Å². The number of benzene rings is 1. The van der Waals surface area contributed by atoms with Gasteiger partial charge in [-0.25, -0.2) is 5.11 Å². The number of hydrogen-bond donors (Lipinski definition) is 1. The Morgan fingerprint density at radius 3 is 3.07 bits per heavy atom. The Morgan fingerprint density at radius 2 is 2.20 bits per heavy atom. The van der Waals surface area contributed by atoms with Crippen LogP contribution >= 0.6 is 0 Å². The summed E-state index contributed by atoms with van der Waals surface area (Å²) in [7, 11) is 0. The van der Waals surface area contributed by atoms with Crippen molar-refractivity contribution in [3.8, 4) is 0 Å². The summed E-state index contributed by atoms with van der Waals surface area (Å²) in [5.41, 5.74) is 2.91. The van der Waals surface area contributed by atoms with Crippen molar-refractivity contribution >= 4 is 0 Å². The van der Waals surface area contributed by atoms with E-state index in [0.29, 0.717) is 6.04 Å². The minimum Gasteiger partial charge on any atom is -0.310 e. The van der Waals surface area contributed by atoms with Gasteiger partial charge in [0.1, 0.15) is 0 Å². The van der Waals surface area contributed by atoms with Crippen LogP contribution in [0.5, 0.6) is 0 Å². The van der Waals surface area contributed by atoms with Gasteiger partial charge < -0.3 is 5.32 Å². The molecule has 0 amide bonds. The van der Waals surface area contributed by atoms with E-state index in [1.54, 1.807) is 0 Å². The number of fused-ring (bicyclic) bond motifs is 1. The van der Waals surface area contributed by atoms with E-state index < -0.39 is 0 Å². The maximum absolute atomic E-state index is 10.4. The van der Waals surface area contributed by atoms with Crippen LogP contribution in [0.1, 0.15) is 36.4 Å². The SMILES string of the molecule is [O]CCCNC1CCCc2ccccc21. The standard InChI is InChI=1S/C13H18NO/c15-10-4-9-14-13-8-3-6-11-5-1-2-7-12(11)13/h1-2,5,7,13-14H,3-4,6,8-10H2. The van der Waals surface area contributed by atoms with Gasteiger partial charge in [-0.1, -0.05) is 24.3 Å². The zero-order valence-corrected chi connectivity index (χ0v) is 9.04. The van der Waals surface area contributed by atoms with Gasteiger partial charge in [0.15, 0.2) is 0 Å². The molecule has 0 saturated heterocycles. The van der Waals surface area contributed by atoms with Crippen molar-refractivity contribution < 1.29 is 5.11 Å². The summed E-state index contributed by atoms with van der Waals surface area (Å²) in [4.78, 5) is 0. The summed E-state index contributed by atoms with van der Waals surface area (Å²) in [6.45, 7) is 0.879. The number of hydrogen-bond acceptors (Lipinski definition) is 1. The predicted octanol–water partition coefficient (Wildman–Crippen LogP) is 2.47. The molecule has 15 heavy (non-hydrogen) atoms. The van der Waals surface area contributed by atoms with Crippen LogP contribution in [0.15, 0.2) is 24.3 Å². The fraction of sp³-hybridized carbons (Fsp3) is 0.538. The van der Waals surface area contributed by atoms with E-state index in [0.717, 1.165) is 13.0 Å². The molecular weight excluding hydrogens is 186 g/mol. The van der Waals surface area contributed by atoms with Crippen LogP contribution in [0.3, 0.4) is 0 Å². The molecule has 1 aliphatic rings.